The number of imide groups is 1. The van der Waals surface area contributed by atoms with Crippen LogP contribution in [-0.4, -0.2) is 48.5 Å². The number of benzene rings is 3. The fourth-order valence-electron chi connectivity index (χ4n) is 4.87. The lowest BCUT2D eigenvalue weighted by atomic mass is 9.90. The molecule has 2 saturated heterocycles. The normalized spacial score (nSPS) is 20.4. The van der Waals surface area contributed by atoms with E-state index in [0.29, 0.717) is 39.2 Å². The van der Waals surface area contributed by atoms with Gasteiger partial charge in [0.05, 0.1) is 36.9 Å². The van der Waals surface area contributed by atoms with Gasteiger partial charge in [-0.3, -0.25) is 19.4 Å². The van der Waals surface area contributed by atoms with Crippen LogP contribution in [0.5, 0.6) is 5.75 Å². The molecular formula is C28H24BrN3O6. The molecule has 0 bridgehead atoms. The van der Waals surface area contributed by atoms with Gasteiger partial charge in [-0.1, -0.05) is 34.1 Å². The third-order valence-electron chi connectivity index (χ3n) is 6.62. The van der Waals surface area contributed by atoms with Crippen molar-refractivity contribution in [1.29, 1.82) is 0 Å². The van der Waals surface area contributed by atoms with E-state index in [1.54, 1.807) is 72.8 Å². The van der Waals surface area contributed by atoms with Gasteiger partial charge >= 0.3 is 5.97 Å². The SMILES string of the molecule is CCOc1ccc(N2C(=O)[C@@H]3[C@H](c4ccc(C(=O)OC)cc4)NN(C(=O)c4cccc(Br)c4)[C@H]3C2=O)cc1. The molecule has 1 N–H and O–H groups in total. The van der Waals surface area contributed by atoms with Gasteiger partial charge in [0, 0.05) is 10.0 Å². The van der Waals surface area contributed by atoms with Gasteiger partial charge in [0.15, 0.2) is 0 Å². The van der Waals surface area contributed by atoms with Crippen molar-refractivity contribution in [2.24, 2.45) is 5.92 Å². The smallest absolute Gasteiger partial charge is 0.337 e. The molecule has 5 rings (SSSR count). The number of hydrogen-bond acceptors (Lipinski definition) is 7. The number of halogens is 1. The summed E-state index contributed by atoms with van der Waals surface area (Å²) in [4.78, 5) is 54.2. The quantitative estimate of drug-likeness (QED) is 0.350. The van der Waals surface area contributed by atoms with Crippen LogP contribution >= 0.6 is 15.9 Å². The summed E-state index contributed by atoms with van der Waals surface area (Å²) in [5.41, 5.74) is 4.85. The minimum Gasteiger partial charge on any atom is -0.494 e. The highest BCUT2D eigenvalue weighted by Crippen LogP contribution is 2.42. The van der Waals surface area contributed by atoms with Crippen molar-refractivity contribution in [3.05, 3.63) is 94.0 Å². The summed E-state index contributed by atoms with van der Waals surface area (Å²) in [6.45, 7) is 2.35. The van der Waals surface area contributed by atoms with Gasteiger partial charge in [-0.15, -0.1) is 0 Å². The predicted molar refractivity (Wildman–Crippen MR) is 141 cm³/mol. The predicted octanol–water partition coefficient (Wildman–Crippen LogP) is 3.89. The van der Waals surface area contributed by atoms with Crippen LogP contribution in [0.15, 0.2) is 77.3 Å². The topological polar surface area (TPSA) is 105 Å². The van der Waals surface area contributed by atoms with E-state index in [4.69, 9.17) is 9.47 Å². The first-order valence-corrected chi connectivity index (χ1v) is 12.8. The summed E-state index contributed by atoms with van der Waals surface area (Å²) >= 11 is 3.38. The molecule has 0 radical (unpaired) electrons. The first kappa shape index (κ1) is 25.6. The van der Waals surface area contributed by atoms with Gasteiger partial charge in [-0.25, -0.2) is 15.1 Å². The number of esters is 1. The Morgan fingerprint density at radius 1 is 0.947 bits per heavy atom. The Kier molecular flexibility index (Phi) is 7.00. The number of fused-ring (bicyclic) bond motifs is 1. The third kappa shape index (κ3) is 4.46. The average molecular weight is 578 g/mol. The standard InChI is InChI=1S/C28H24BrN3O6/c1-3-38-21-13-11-20(12-14-21)31-26(34)22-23(16-7-9-17(10-8-16)28(36)37-2)30-32(24(22)27(31)35)25(33)18-5-4-6-19(29)15-18/h4-15,22-24,30H,3H2,1-2H3/t22-,23+,24-/m1/s1. The molecule has 10 heteroatoms. The van der Waals surface area contributed by atoms with Crippen LogP contribution in [-0.2, 0) is 14.3 Å². The first-order chi connectivity index (χ1) is 18.3. The summed E-state index contributed by atoms with van der Waals surface area (Å²) in [5, 5.41) is 1.25. The van der Waals surface area contributed by atoms with Gasteiger partial charge in [0.25, 0.3) is 11.8 Å². The molecule has 3 atom stereocenters. The molecule has 3 aromatic carbocycles. The van der Waals surface area contributed by atoms with E-state index in [1.165, 1.54) is 12.1 Å². The maximum atomic E-state index is 13.8. The highest BCUT2D eigenvalue weighted by Gasteiger charge is 2.60. The van der Waals surface area contributed by atoms with Gasteiger partial charge in [0.2, 0.25) is 5.91 Å². The van der Waals surface area contributed by atoms with Gasteiger partial charge in [-0.2, -0.15) is 0 Å². The molecule has 2 heterocycles. The van der Waals surface area contributed by atoms with Crippen LogP contribution in [0.25, 0.3) is 0 Å². The number of hydrazine groups is 1. The van der Waals surface area contributed by atoms with E-state index in [2.05, 4.69) is 21.4 Å². The summed E-state index contributed by atoms with van der Waals surface area (Å²) < 4.78 is 11.0. The molecule has 38 heavy (non-hydrogen) atoms. The Balaban J connectivity index is 1.53. The molecule has 2 aliphatic heterocycles. The van der Waals surface area contributed by atoms with Crippen LogP contribution in [0.3, 0.4) is 0 Å². The van der Waals surface area contributed by atoms with Crippen molar-refractivity contribution in [1.82, 2.24) is 10.4 Å². The maximum absolute atomic E-state index is 13.8. The number of amides is 3. The third-order valence-corrected chi connectivity index (χ3v) is 7.12. The van der Waals surface area contributed by atoms with Crippen molar-refractivity contribution in [3.8, 4) is 5.75 Å². The molecule has 0 unspecified atom stereocenters. The fourth-order valence-corrected chi connectivity index (χ4v) is 5.27. The second-order valence-corrected chi connectivity index (χ2v) is 9.73. The largest absolute Gasteiger partial charge is 0.494 e. The second-order valence-electron chi connectivity index (χ2n) is 8.82. The van der Waals surface area contributed by atoms with Crippen LogP contribution in [0, 0.1) is 5.92 Å². The maximum Gasteiger partial charge on any atom is 0.337 e. The average Bonchev–Trinajstić information content (AvgIpc) is 3.45. The van der Waals surface area contributed by atoms with E-state index >= 15 is 0 Å². The lowest BCUT2D eigenvalue weighted by Gasteiger charge is -2.25. The lowest BCUT2D eigenvalue weighted by Crippen LogP contribution is -2.48. The highest BCUT2D eigenvalue weighted by atomic mass is 79.9. The minimum atomic E-state index is -1.06. The highest BCUT2D eigenvalue weighted by molar-refractivity contribution is 9.10. The monoisotopic (exact) mass is 577 g/mol. The molecule has 9 nitrogen and oxygen atoms in total. The number of hydrogen-bond donors (Lipinski definition) is 1. The molecule has 2 fully saturated rings. The molecular weight excluding hydrogens is 554 g/mol. The number of carbonyl (C=O) groups is 4. The van der Waals surface area contributed by atoms with Crippen molar-refractivity contribution in [2.75, 3.05) is 18.6 Å². The van der Waals surface area contributed by atoms with E-state index in [9.17, 15) is 19.2 Å². The summed E-state index contributed by atoms with van der Waals surface area (Å²) in [7, 11) is 1.29. The first-order valence-electron chi connectivity index (χ1n) is 12.0. The molecule has 2 aliphatic rings. The van der Waals surface area contributed by atoms with Crippen molar-refractivity contribution >= 4 is 45.3 Å². The van der Waals surface area contributed by atoms with Crippen LogP contribution in [0.2, 0.25) is 0 Å². The summed E-state index contributed by atoms with van der Waals surface area (Å²) in [5.74, 6) is -2.13. The van der Waals surface area contributed by atoms with Crippen molar-refractivity contribution in [2.45, 2.75) is 19.0 Å². The molecule has 0 spiro atoms. The minimum absolute atomic E-state index is 0.345. The van der Waals surface area contributed by atoms with E-state index < -0.39 is 41.7 Å². The Hall–Kier alpha value is -4.02. The number of anilines is 1. The number of nitrogens with zero attached hydrogens (tertiary/aromatic N) is 2. The second kappa shape index (κ2) is 10.4. The molecule has 0 aliphatic carbocycles. The van der Waals surface area contributed by atoms with Crippen molar-refractivity contribution in [3.63, 3.8) is 0 Å². The number of nitrogens with one attached hydrogen (secondary N) is 1. The Labute approximate surface area is 227 Å². The number of carbonyl (C=O) groups excluding carboxylic acids is 4. The molecule has 0 aromatic heterocycles. The fraction of sp³-hybridized carbons (Fsp3) is 0.214. The number of rotatable bonds is 6. The van der Waals surface area contributed by atoms with Gasteiger partial charge in [0.1, 0.15) is 11.8 Å². The van der Waals surface area contributed by atoms with E-state index in [-0.39, 0.29) is 0 Å². The Bertz CT molecular complexity index is 1410. The molecule has 3 amide bonds. The summed E-state index contributed by atoms with van der Waals surface area (Å²) in [6, 6.07) is 18.3. The lowest BCUT2D eigenvalue weighted by molar-refractivity contribution is -0.123. The van der Waals surface area contributed by atoms with Crippen LogP contribution in [0.4, 0.5) is 5.69 Å². The molecule has 0 saturated carbocycles. The number of methoxy groups -OCH3 is 1. The van der Waals surface area contributed by atoms with Gasteiger partial charge in [-0.05, 0) is 67.1 Å². The molecule has 3 aromatic rings. The van der Waals surface area contributed by atoms with Crippen molar-refractivity contribution < 1.29 is 28.7 Å². The van der Waals surface area contributed by atoms with Gasteiger partial charge < -0.3 is 9.47 Å². The zero-order chi connectivity index (χ0) is 27.0. The van der Waals surface area contributed by atoms with Crippen LogP contribution in [0.1, 0.15) is 39.2 Å². The van der Waals surface area contributed by atoms with E-state index in [1.807, 2.05) is 6.92 Å². The zero-order valence-corrected chi connectivity index (χ0v) is 22.2. The van der Waals surface area contributed by atoms with E-state index in [0.717, 1.165) is 4.90 Å². The number of ether oxygens (including phenoxy) is 2. The zero-order valence-electron chi connectivity index (χ0n) is 20.6. The summed E-state index contributed by atoms with van der Waals surface area (Å²) in [6.07, 6.45) is 0. The van der Waals surface area contributed by atoms with Crippen LogP contribution < -0.4 is 15.1 Å². The Morgan fingerprint density at radius 3 is 2.29 bits per heavy atom. The molecule has 194 valence electrons. The Morgan fingerprint density at radius 2 is 1.66 bits per heavy atom.